The fraction of sp³-hybridized carbons (Fsp3) is 0.833. The molecule has 0 aromatic heterocycles. The Kier molecular flexibility index (Phi) is 9.92. The highest BCUT2D eigenvalue weighted by Crippen LogP contribution is 2.06. The highest BCUT2D eigenvalue weighted by molar-refractivity contribution is 6.17. The summed E-state index contributed by atoms with van der Waals surface area (Å²) in [6.07, 6.45) is 2.84. The molecule has 0 aromatic carbocycles. The molecule has 0 rings (SSSR count). The monoisotopic (exact) mass is 262 g/mol. The maximum absolute atomic E-state index is 11.6. The lowest BCUT2D eigenvalue weighted by atomic mass is 10.0. The Balaban J connectivity index is 3.57. The predicted molar refractivity (Wildman–Crippen MR) is 70.0 cm³/mol. The summed E-state index contributed by atoms with van der Waals surface area (Å²) in [5, 5.41) is 5.55. The van der Waals surface area contributed by atoms with Crippen LogP contribution in [0.4, 0.5) is 0 Å². The van der Waals surface area contributed by atoms with Crippen LogP contribution < -0.4 is 10.6 Å². The zero-order chi connectivity index (χ0) is 13.1. The first-order chi connectivity index (χ1) is 8.15. The Labute approximate surface area is 108 Å². The van der Waals surface area contributed by atoms with Crippen LogP contribution in [0.15, 0.2) is 0 Å². The molecular formula is C12H23ClN2O2. The van der Waals surface area contributed by atoms with Gasteiger partial charge in [-0.05, 0) is 19.3 Å². The number of hydrogen-bond donors (Lipinski definition) is 2. The second kappa shape index (κ2) is 10.4. The molecule has 100 valence electrons. The van der Waals surface area contributed by atoms with Crippen LogP contribution in [0.25, 0.3) is 0 Å². The summed E-state index contributed by atoms with van der Waals surface area (Å²) in [5.74, 6) is 0.646. The number of hydrogen-bond acceptors (Lipinski definition) is 2. The van der Waals surface area contributed by atoms with Crippen LogP contribution in [-0.2, 0) is 9.59 Å². The fourth-order valence-electron chi connectivity index (χ4n) is 1.51. The molecule has 0 heterocycles. The van der Waals surface area contributed by atoms with E-state index in [1.165, 1.54) is 0 Å². The Morgan fingerprint density at radius 2 is 1.71 bits per heavy atom. The molecule has 0 aliphatic heterocycles. The Bertz CT molecular complexity index is 231. The van der Waals surface area contributed by atoms with Crippen molar-refractivity contribution in [2.24, 2.45) is 5.92 Å². The molecule has 2 amide bonds. The third kappa shape index (κ3) is 8.02. The van der Waals surface area contributed by atoms with Crippen molar-refractivity contribution in [3.63, 3.8) is 0 Å². The molecule has 0 radical (unpaired) electrons. The summed E-state index contributed by atoms with van der Waals surface area (Å²) in [6.45, 7) is 4.97. The summed E-state index contributed by atoms with van der Waals surface area (Å²) >= 11 is 5.48. The van der Waals surface area contributed by atoms with E-state index in [0.717, 1.165) is 12.8 Å². The minimum absolute atomic E-state index is 0.0116. The van der Waals surface area contributed by atoms with Gasteiger partial charge in [-0.1, -0.05) is 13.8 Å². The topological polar surface area (TPSA) is 58.2 Å². The van der Waals surface area contributed by atoms with Crippen LogP contribution in [0.2, 0.25) is 0 Å². The Morgan fingerprint density at radius 1 is 1.12 bits per heavy atom. The van der Waals surface area contributed by atoms with Crippen molar-refractivity contribution in [2.45, 2.75) is 39.5 Å². The van der Waals surface area contributed by atoms with Gasteiger partial charge in [-0.3, -0.25) is 9.59 Å². The summed E-state index contributed by atoms with van der Waals surface area (Å²) in [7, 11) is 0. The van der Waals surface area contributed by atoms with Crippen LogP contribution >= 0.6 is 11.6 Å². The number of alkyl halides is 1. The Morgan fingerprint density at radius 3 is 2.24 bits per heavy atom. The predicted octanol–water partition coefficient (Wildman–Crippen LogP) is 1.67. The number of carbonyl (C=O) groups is 2. The van der Waals surface area contributed by atoms with Crippen LogP contribution in [0.1, 0.15) is 39.5 Å². The fourth-order valence-corrected chi connectivity index (χ4v) is 1.64. The van der Waals surface area contributed by atoms with Crippen molar-refractivity contribution in [1.29, 1.82) is 0 Å². The van der Waals surface area contributed by atoms with E-state index in [4.69, 9.17) is 11.6 Å². The third-order valence-electron chi connectivity index (χ3n) is 2.64. The van der Waals surface area contributed by atoms with Crippen molar-refractivity contribution >= 4 is 23.4 Å². The van der Waals surface area contributed by atoms with Crippen molar-refractivity contribution < 1.29 is 9.59 Å². The van der Waals surface area contributed by atoms with Gasteiger partial charge in [-0.2, -0.15) is 0 Å². The lowest BCUT2D eigenvalue weighted by Crippen LogP contribution is -2.37. The minimum atomic E-state index is -0.0116. The van der Waals surface area contributed by atoms with Gasteiger partial charge in [0, 0.05) is 31.3 Å². The summed E-state index contributed by atoms with van der Waals surface area (Å²) < 4.78 is 0. The van der Waals surface area contributed by atoms with Crippen LogP contribution in [0.3, 0.4) is 0 Å². The molecule has 0 saturated carbocycles. The van der Waals surface area contributed by atoms with Crippen LogP contribution in [-0.4, -0.2) is 30.8 Å². The SMILES string of the molecule is CCC(CC)C(=O)NCCNC(=O)CCCCl. The largest absolute Gasteiger partial charge is 0.354 e. The molecule has 17 heavy (non-hydrogen) atoms. The minimum Gasteiger partial charge on any atom is -0.354 e. The number of rotatable bonds is 9. The molecule has 0 aliphatic rings. The van der Waals surface area contributed by atoms with Crippen LogP contribution in [0, 0.1) is 5.92 Å². The zero-order valence-corrected chi connectivity index (χ0v) is 11.5. The number of nitrogens with one attached hydrogen (secondary N) is 2. The molecule has 0 bridgehead atoms. The van der Waals surface area contributed by atoms with E-state index in [-0.39, 0.29) is 17.7 Å². The second-order valence-corrected chi connectivity index (χ2v) is 4.32. The normalized spacial score (nSPS) is 10.4. The average molecular weight is 263 g/mol. The summed E-state index contributed by atoms with van der Waals surface area (Å²) in [5.41, 5.74) is 0. The van der Waals surface area contributed by atoms with Crippen molar-refractivity contribution in [3.05, 3.63) is 0 Å². The first kappa shape index (κ1) is 16.2. The second-order valence-electron chi connectivity index (χ2n) is 3.95. The van der Waals surface area contributed by atoms with Gasteiger partial charge in [0.1, 0.15) is 0 Å². The van der Waals surface area contributed by atoms with Crippen LogP contribution in [0.5, 0.6) is 0 Å². The van der Waals surface area contributed by atoms with Crippen molar-refractivity contribution in [1.82, 2.24) is 10.6 Å². The van der Waals surface area contributed by atoms with E-state index >= 15 is 0 Å². The standard InChI is InChI=1S/C12H23ClN2O2/c1-3-10(4-2)12(17)15-9-8-14-11(16)6-5-7-13/h10H,3-9H2,1-2H3,(H,14,16)(H,15,17). The molecule has 4 nitrogen and oxygen atoms in total. The van der Waals surface area contributed by atoms with E-state index in [2.05, 4.69) is 10.6 Å². The number of amides is 2. The van der Waals surface area contributed by atoms with Gasteiger partial charge in [0.25, 0.3) is 0 Å². The molecule has 2 N–H and O–H groups in total. The lowest BCUT2D eigenvalue weighted by Gasteiger charge is -2.12. The molecule has 0 fully saturated rings. The molecular weight excluding hydrogens is 240 g/mol. The molecule has 0 aliphatic carbocycles. The van der Waals surface area contributed by atoms with E-state index in [0.29, 0.717) is 31.8 Å². The van der Waals surface area contributed by atoms with Gasteiger partial charge in [0.2, 0.25) is 11.8 Å². The number of halogens is 1. The average Bonchev–Trinajstić information content (AvgIpc) is 2.33. The first-order valence-electron chi connectivity index (χ1n) is 6.26. The lowest BCUT2D eigenvalue weighted by molar-refractivity contribution is -0.125. The maximum atomic E-state index is 11.6. The van der Waals surface area contributed by atoms with E-state index in [9.17, 15) is 9.59 Å². The van der Waals surface area contributed by atoms with Gasteiger partial charge in [0.15, 0.2) is 0 Å². The van der Waals surface area contributed by atoms with Gasteiger partial charge in [-0.25, -0.2) is 0 Å². The van der Waals surface area contributed by atoms with Gasteiger partial charge < -0.3 is 10.6 Å². The Hall–Kier alpha value is -0.770. The molecule has 0 aromatic rings. The van der Waals surface area contributed by atoms with Crippen molar-refractivity contribution in [3.8, 4) is 0 Å². The van der Waals surface area contributed by atoms with Gasteiger partial charge in [-0.15, -0.1) is 11.6 Å². The van der Waals surface area contributed by atoms with E-state index in [1.54, 1.807) is 0 Å². The zero-order valence-electron chi connectivity index (χ0n) is 10.7. The first-order valence-corrected chi connectivity index (χ1v) is 6.79. The molecule has 0 spiro atoms. The molecule has 0 saturated heterocycles. The summed E-state index contributed by atoms with van der Waals surface area (Å²) in [6, 6.07) is 0. The van der Waals surface area contributed by atoms with Gasteiger partial charge >= 0.3 is 0 Å². The number of carbonyl (C=O) groups excluding carboxylic acids is 2. The summed E-state index contributed by atoms with van der Waals surface area (Å²) in [4.78, 5) is 22.8. The molecule has 0 atom stereocenters. The van der Waals surface area contributed by atoms with E-state index in [1.807, 2.05) is 13.8 Å². The smallest absolute Gasteiger partial charge is 0.223 e. The van der Waals surface area contributed by atoms with E-state index < -0.39 is 0 Å². The molecule has 0 unspecified atom stereocenters. The highest BCUT2D eigenvalue weighted by Gasteiger charge is 2.12. The maximum Gasteiger partial charge on any atom is 0.223 e. The van der Waals surface area contributed by atoms with Gasteiger partial charge in [0.05, 0.1) is 0 Å². The third-order valence-corrected chi connectivity index (χ3v) is 2.91. The van der Waals surface area contributed by atoms with Crippen molar-refractivity contribution in [2.75, 3.05) is 19.0 Å². The highest BCUT2D eigenvalue weighted by atomic mass is 35.5. The quantitative estimate of drug-likeness (QED) is 0.491. The molecule has 5 heteroatoms.